The maximum Gasteiger partial charge on any atom is 0.298 e. The Morgan fingerprint density at radius 1 is 0.806 bits per heavy atom. The summed E-state index contributed by atoms with van der Waals surface area (Å²) in [6, 6.07) is 18.9. The van der Waals surface area contributed by atoms with E-state index in [4.69, 9.17) is 13.3 Å². The maximum atomic E-state index is 6.44. The zero-order chi connectivity index (χ0) is 20.9. The van der Waals surface area contributed by atoms with Crippen LogP contribution in [-0.2, 0) is 7.05 Å². The SMILES string of the molecule is Cc1ccccc1-n1c(C)[n+](C)c2c3oc4cc5oc6occc6c5cc4c3ccc21. The Balaban J connectivity index is 1.62. The van der Waals surface area contributed by atoms with E-state index in [0.29, 0.717) is 5.78 Å². The van der Waals surface area contributed by atoms with E-state index in [-0.39, 0.29) is 0 Å². The zero-order valence-electron chi connectivity index (χ0n) is 17.4. The van der Waals surface area contributed by atoms with Gasteiger partial charge in [0.2, 0.25) is 5.52 Å². The molecular formula is C26H19N2O3+. The molecule has 31 heavy (non-hydrogen) atoms. The first-order valence-corrected chi connectivity index (χ1v) is 10.3. The van der Waals surface area contributed by atoms with Crippen molar-refractivity contribution in [1.29, 1.82) is 0 Å². The number of nitrogens with zero attached hydrogens (tertiary/aromatic N) is 2. The number of aryl methyl sites for hydroxylation is 2. The minimum atomic E-state index is 0.548. The lowest BCUT2D eigenvalue weighted by Crippen LogP contribution is -2.30. The number of hydrogen-bond acceptors (Lipinski definition) is 3. The standard InChI is InChI=1S/C26H19N2O3/c1-14-6-4-5-7-20(14)28-15(2)27(3)24-21(28)9-8-16-18-12-19-17-10-11-29-26(17)31-23(19)13-22(18)30-25(16)24/h4-13H,1-3H3/q+1. The van der Waals surface area contributed by atoms with Crippen LogP contribution in [-0.4, -0.2) is 4.57 Å². The van der Waals surface area contributed by atoms with Gasteiger partial charge in [0, 0.05) is 29.1 Å². The van der Waals surface area contributed by atoms with Crippen LogP contribution in [0.15, 0.2) is 74.1 Å². The number of hydrogen-bond donors (Lipinski definition) is 0. The van der Waals surface area contributed by atoms with Crippen molar-refractivity contribution in [1.82, 2.24) is 4.57 Å². The average molecular weight is 407 g/mol. The van der Waals surface area contributed by atoms with Gasteiger partial charge in [0.05, 0.1) is 18.7 Å². The third-order valence-corrected chi connectivity index (χ3v) is 6.56. The van der Waals surface area contributed by atoms with Crippen molar-refractivity contribution >= 4 is 55.1 Å². The first-order valence-electron chi connectivity index (χ1n) is 10.3. The highest BCUT2D eigenvalue weighted by molar-refractivity contribution is 6.17. The highest BCUT2D eigenvalue weighted by Crippen LogP contribution is 2.39. The largest absolute Gasteiger partial charge is 0.451 e. The molecule has 0 N–H and O–H groups in total. The van der Waals surface area contributed by atoms with Gasteiger partial charge in [0.15, 0.2) is 11.1 Å². The molecule has 0 spiro atoms. The number of benzene rings is 3. The fraction of sp³-hybridized carbons (Fsp3) is 0.115. The summed E-state index contributed by atoms with van der Waals surface area (Å²) in [5.41, 5.74) is 7.10. The monoisotopic (exact) mass is 407 g/mol. The number of para-hydroxylation sites is 1. The van der Waals surface area contributed by atoms with Gasteiger partial charge in [-0.1, -0.05) is 18.2 Å². The first kappa shape index (κ1) is 16.8. The molecule has 150 valence electrons. The minimum Gasteiger partial charge on any atom is -0.451 e. The Morgan fingerprint density at radius 3 is 2.48 bits per heavy atom. The van der Waals surface area contributed by atoms with Crippen LogP contribution in [0.3, 0.4) is 0 Å². The summed E-state index contributed by atoms with van der Waals surface area (Å²) < 4.78 is 22.3. The second-order valence-corrected chi connectivity index (χ2v) is 8.21. The molecule has 0 unspecified atom stereocenters. The van der Waals surface area contributed by atoms with E-state index in [1.165, 1.54) is 11.3 Å². The van der Waals surface area contributed by atoms with Crippen LogP contribution in [0.5, 0.6) is 0 Å². The Labute approximate surface area is 176 Å². The highest BCUT2D eigenvalue weighted by atomic mass is 16.5. The van der Waals surface area contributed by atoms with E-state index in [1.807, 2.05) is 12.1 Å². The average Bonchev–Trinajstić information content (AvgIpc) is 3.49. The quantitative estimate of drug-likeness (QED) is 0.293. The Hall–Kier alpha value is -3.99. The molecule has 0 aliphatic heterocycles. The van der Waals surface area contributed by atoms with Gasteiger partial charge in [-0.25, -0.2) is 4.57 Å². The van der Waals surface area contributed by atoms with Crippen LogP contribution in [0.25, 0.3) is 60.8 Å². The minimum absolute atomic E-state index is 0.548. The van der Waals surface area contributed by atoms with Crippen molar-refractivity contribution < 1.29 is 17.8 Å². The highest BCUT2D eigenvalue weighted by Gasteiger charge is 2.26. The zero-order valence-corrected chi connectivity index (χ0v) is 17.4. The molecule has 4 heterocycles. The summed E-state index contributed by atoms with van der Waals surface area (Å²) in [6.45, 7) is 4.29. The second-order valence-electron chi connectivity index (χ2n) is 8.21. The number of aromatic nitrogens is 2. The summed E-state index contributed by atoms with van der Waals surface area (Å²) in [7, 11) is 2.10. The van der Waals surface area contributed by atoms with Crippen LogP contribution >= 0.6 is 0 Å². The van der Waals surface area contributed by atoms with Crippen LogP contribution < -0.4 is 4.57 Å². The third-order valence-electron chi connectivity index (χ3n) is 6.56. The van der Waals surface area contributed by atoms with Crippen LogP contribution in [0, 0.1) is 13.8 Å². The summed E-state index contributed by atoms with van der Waals surface area (Å²) in [4.78, 5) is 0. The van der Waals surface area contributed by atoms with Crippen molar-refractivity contribution in [3.63, 3.8) is 0 Å². The number of imidazole rings is 1. The number of rotatable bonds is 1. The fourth-order valence-electron chi connectivity index (χ4n) is 4.92. The molecule has 0 amide bonds. The van der Waals surface area contributed by atoms with Crippen LogP contribution in [0.4, 0.5) is 0 Å². The van der Waals surface area contributed by atoms with Crippen molar-refractivity contribution in [3.8, 4) is 5.69 Å². The number of furan rings is 3. The Bertz CT molecular complexity index is 1820. The van der Waals surface area contributed by atoms with Gasteiger partial charge >= 0.3 is 0 Å². The third kappa shape index (κ3) is 2.03. The van der Waals surface area contributed by atoms with E-state index in [9.17, 15) is 0 Å². The Morgan fingerprint density at radius 2 is 1.61 bits per heavy atom. The lowest BCUT2D eigenvalue weighted by atomic mass is 10.1. The molecule has 5 heteroatoms. The summed E-state index contributed by atoms with van der Waals surface area (Å²) in [5.74, 6) is 1.69. The molecule has 0 saturated carbocycles. The first-order chi connectivity index (χ1) is 15.1. The molecule has 0 bridgehead atoms. The smallest absolute Gasteiger partial charge is 0.298 e. The van der Waals surface area contributed by atoms with Gasteiger partial charge in [0.25, 0.3) is 11.6 Å². The van der Waals surface area contributed by atoms with Crippen molar-refractivity contribution in [2.45, 2.75) is 13.8 Å². The normalized spacial score (nSPS) is 12.4. The fourth-order valence-corrected chi connectivity index (χ4v) is 4.92. The summed E-state index contributed by atoms with van der Waals surface area (Å²) in [5, 5.41) is 4.20. The molecule has 7 rings (SSSR count). The van der Waals surface area contributed by atoms with Crippen molar-refractivity contribution in [2.24, 2.45) is 7.05 Å². The predicted molar refractivity (Wildman–Crippen MR) is 121 cm³/mol. The molecule has 0 fully saturated rings. The van der Waals surface area contributed by atoms with Gasteiger partial charge in [-0.05, 0) is 42.8 Å². The van der Waals surface area contributed by atoms with Gasteiger partial charge in [-0.2, -0.15) is 4.57 Å². The van der Waals surface area contributed by atoms with Gasteiger partial charge in [0.1, 0.15) is 16.9 Å². The van der Waals surface area contributed by atoms with Crippen molar-refractivity contribution in [2.75, 3.05) is 0 Å². The lowest BCUT2D eigenvalue weighted by molar-refractivity contribution is -0.651. The van der Waals surface area contributed by atoms with E-state index in [1.54, 1.807) is 6.26 Å². The van der Waals surface area contributed by atoms with E-state index in [2.05, 4.69) is 72.5 Å². The molecule has 0 radical (unpaired) electrons. The van der Waals surface area contributed by atoms with Crippen molar-refractivity contribution in [3.05, 3.63) is 72.2 Å². The summed E-state index contributed by atoms with van der Waals surface area (Å²) in [6.07, 6.45) is 1.66. The lowest BCUT2D eigenvalue weighted by Gasteiger charge is -2.03. The van der Waals surface area contributed by atoms with Crippen LogP contribution in [0.2, 0.25) is 0 Å². The molecule has 0 atom stereocenters. The molecule has 3 aromatic carbocycles. The number of fused-ring (bicyclic) bond motifs is 8. The van der Waals surface area contributed by atoms with E-state index >= 15 is 0 Å². The van der Waals surface area contributed by atoms with Gasteiger partial charge in [-0.15, -0.1) is 0 Å². The summed E-state index contributed by atoms with van der Waals surface area (Å²) >= 11 is 0. The molecule has 4 aromatic heterocycles. The molecular weight excluding hydrogens is 388 g/mol. The molecule has 0 aliphatic carbocycles. The second kappa shape index (κ2) is 5.58. The van der Waals surface area contributed by atoms with Crippen LogP contribution in [0.1, 0.15) is 11.4 Å². The van der Waals surface area contributed by atoms with Gasteiger partial charge < -0.3 is 13.3 Å². The topological polar surface area (TPSA) is 48.2 Å². The molecule has 5 nitrogen and oxygen atoms in total. The van der Waals surface area contributed by atoms with E-state index < -0.39 is 0 Å². The molecule has 0 aliphatic rings. The van der Waals surface area contributed by atoms with Gasteiger partial charge in [-0.3, -0.25) is 0 Å². The van der Waals surface area contributed by atoms with E-state index in [0.717, 1.165) is 55.2 Å². The molecule has 0 saturated heterocycles. The predicted octanol–water partition coefficient (Wildman–Crippen LogP) is 6.46. The Kier molecular flexibility index (Phi) is 3.02. The molecule has 7 aromatic rings. The maximum absolute atomic E-state index is 6.44.